The van der Waals surface area contributed by atoms with E-state index in [0.717, 1.165) is 48.2 Å². The number of carbonyl (C=O) groups excluding carboxylic acids is 1. The van der Waals surface area contributed by atoms with Crippen molar-refractivity contribution < 1.29 is 4.79 Å². The molecule has 3 rings (SSSR count). The highest BCUT2D eigenvalue weighted by molar-refractivity contribution is 5.76. The Bertz CT molecular complexity index is 764. The molecule has 5 heteroatoms. The van der Waals surface area contributed by atoms with Gasteiger partial charge in [0.2, 0.25) is 5.91 Å². The van der Waals surface area contributed by atoms with E-state index in [1.165, 1.54) is 0 Å². The Balaban J connectivity index is 1.43. The number of H-pyrrole nitrogens is 1. The Morgan fingerprint density at radius 3 is 2.83 bits per heavy atom. The van der Waals surface area contributed by atoms with E-state index in [-0.39, 0.29) is 5.91 Å². The zero-order valence-corrected chi connectivity index (χ0v) is 13.9. The molecule has 0 radical (unpaired) electrons. The number of pyridine rings is 1. The third kappa shape index (κ3) is 4.19. The largest absolute Gasteiger partial charge is 0.346 e. The smallest absolute Gasteiger partial charge is 0.222 e. The fourth-order valence-electron chi connectivity index (χ4n) is 2.72. The van der Waals surface area contributed by atoms with E-state index in [2.05, 4.69) is 15.0 Å². The minimum absolute atomic E-state index is 0.170. The van der Waals surface area contributed by atoms with Crippen LogP contribution in [0.3, 0.4) is 0 Å². The summed E-state index contributed by atoms with van der Waals surface area (Å²) in [5.41, 5.74) is 3.16. The number of para-hydroxylation sites is 2. The molecular formula is C19H22N4O. The van der Waals surface area contributed by atoms with E-state index in [0.29, 0.717) is 6.42 Å². The molecule has 24 heavy (non-hydrogen) atoms. The summed E-state index contributed by atoms with van der Waals surface area (Å²) < 4.78 is 0. The number of rotatable bonds is 7. The van der Waals surface area contributed by atoms with Gasteiger partial charge in [-0.05, 0) is 36.6 Å². The Labute approximate surface area is 141 Å². The molecule has 0 fully saturated rings. The molecule has 2 aromatic heterocycles. The molecule has 0 spiro atoms. The minimum atomic E-state index is 0.170. The predicted octanol–water partition coefficient (Wildman–Crippen LogP) is 2.98. The molecule has 0 unspecified atom stereocenters. The van der Waals surface area contributed by atoms with Gasteiger partial charge < -0.3 is 9.88 Å². The molecule has 0 bridgehead atoms. The summed E-state index contributed by atoms with van der Waals surface area (Å²) in [6, 6.07) is 11.9. The molecule has 0 aliphatic rings. The van der Waals surface area contributed by atoms with Gasteiger partial charge in [0, 0.05) is 38.8 Å². The topological polar surface area (TPSA) is 61.9 Å². The van der Waals surface area contributed by atoms with Crippen molar-refractivity contribution in [1.29, 1.82) is 0 Å². The molecule has 0 aliphatic heterocycles. The highest BCUT2D eigenvalue weighted by atomic mass is 16.2. The summed E-state index contributed by atoms with van der Waals surface area (Å²) in [5.74, 6) is 1.15. The van der Waals surface area contributed by atoms with E-state index in [1.807, 2.05) is 49.6 Å². The summed E-state index contributed by atoms with van der Waals surface area (Å²) in [6.07, 6.45) is 6.56. The number of aryl methyl sites for hydroxylation is 2. The van der Waals surface area contributed by atoms with Crippen molar-refractivity contribution in [3.8, 4) is 0 Å². The van der Waals surface area contributed by atoms with Crippen LogP contribution in [0, 0.1) is 0 Å². The van der Waals surface area contributed by atoms with Crippen LogP contribution in [0.5, 0.6) is 0 Å². The number of carbonyl (C=O) groups is 1. The third-order valence-corrected chi connectivity index (χ3v) is 4.12. The maximum Gasteiger partial charge on any atom is 0.222 e. The van der Waals surface area contributed by atoms with Gasteiger partial charge in [-0.25, -0.2) is 4.98 Å². The number of nitrogens with zero attached hydrogens (tertiary/aromatic N) is 3. The lowest BCUT2D eigenvalue weighted by atomic mass is 10.1. The first-order valence-corrected chi connectivity index (χ1v) is 8.29. The fourth-order valence-corrected chi connectivity index (χ4v) is 2.72. The van der Waals surface area contributed by atoms with E-state index >= 15 is 0 Å². The maximum atomic E-state index is 12.2. The number of aromatic nitrogens is 3. The zero-order chi connectivity index (χ0) is 16.8. The lowest BCUT2D eigenvalue weighted by Gasteiger charge is -2.16. The van der Waals surface area contributed by atoms with Crippen molar-refractivity contribution >= 4 is 16.9 Å². The highest BCUT2D eigenvalue weighted by Crippen LogP contribution is 2.11. The Hall–Kier alpha value is -2.69. The van der Waals surface area contributed by atoms with Gasteiger partial charge in [-0.15, -0.1) is 0 Å². The van der Waals surface area contributed by atoms with Gasteiger partial charge in [0.25, 0.3) is 0 Å². The zero-order valence-electron chi connectivity index (χ0n) is 13.9. The van der Waals surface area contributed by atoms with Crippen molar-refractivity contribution in [3.63, 3.8) is 0 Å². The van der Waals surface area contributed by atoms with Crippen molar-refractivity contribution in [3.05, 3.63) is 60.2 Å². The van der Waals surface area contributed by atoms with Crippen LogP contribution in [-0.2, 0) is 17.6 Å². The van der Waals surface area contributed by atoms with E-state index < -0.39 is 0 Å². The van der Waals surface area contributed by atoms with Gasteiger partial charge >= 0.3 is 0 Å². The molecule has 124 valence electrons. The van der Waals surface area contributed by atoms with Gasteiger partial charge in [0.1, 0.15) is 5.82 Å². The molecular weight excluding hydrogens is 300 g/mol. The molecule has 5 nitrogen and oxygen atoms in total. The number of nitrogens with one attached hydrogen (secondary N) is 1. The third-order valence-electron chi connectivity index (χ3n) is 4.12. The normalized spacial score (nSPS) is 10.9. The number of hydrogen-bond donors (Lipinski definition) is 1. The fraction of sp³-hybridized carbons (Fsp3) is 0.316. The molecule has 1 amide bonds. The quantitative estimate of drug-likeness (QED) is 0.727. The van der Waals surface area contributed by atoms with Gasteiger partial charge in [0.15, 0.2) is 0 Å². The number of imidazole rings is 1. The standard InChI is InChI=1S/C19H22N4O/c1-23(19(24)11-10-15-6-4-12-20-14-15)13-5-9-18-21-16-7-2-3-8-17(16)22-18/h2-4,6-8,12,14H,5,9-11,13H2,1H3,(H,21,22). The van der Waals surface area contributed by atoms with E-state index in [9.17, 15) is 4.79 Å². The lowest BCUT2D eigenvalue weighted by molar-refractivity contribution is -0.129. The summed E-state index contributed by atoms with van der Waals surface area (Å²) in [7, 11) is 1.87. The summed E-state index contributed by atoms with van der Waals surface area (Å²) in [4.78, 5) is 25.9. The van der Waals surface area contributed by atoms with Gasteiger partial charge in [0.05, 0.1) is 11.0 Å². The van der Waals surface area contributed by atoms with Crippen LogP contribution in [0.2, 0.25) is 0 Å². The second kappa shape index (κ2) is 7.73. The summed E-state index contributed by atoms with van der Waals surface area (Å²) in [6.45, 7) is 0.739. The van der Waals surface area contributed by atoms with Gasteiger partial charge in [-0.2, -0.15) is 0 Å². The van der Waals surface area contributed by atoms with Crippen molar-refractivity contribution in [2.24, 2.45) is 0 Å². The maximum absolute atomic E-state index is 12.2. The SMILES string of the molecule is CN(CCCc1nc2ccccc2[nH]1)C(=O)CCc1cccnc1. The molecule has 0 saturated carbocycles. The molecule has 0 aliphatic carbocycles. The number of aromatic amines is 1. The van der Waals surface area contributed by atoms with E-state index in [4.69, 9.17) is 0 Å². The van der Waals surface area contributed by atoms with Crippen LogP contribution < -0.4 is 0 Å². The number of benzene rings is 1. The number of amides is 1. The first kappa shape index (κ1) is 16.2. The number of fused-ring (bicyclic) bond motifs is 1. The Kier molecular flexibility index (Phi) is 5.21. The van der Waals surface area contributed by atoms with Crippen molar-refractivity contribution in [2.75, 3.05) is 13.6 Å². The van der Waals surface area contributed by atoms with Crippen LogP contribution in [0.25, 0.3) is 11.0 Å². The lowest BCUT2D eigenvalue weighted by Crippen LogP contribution is -2.28. The van der Waals surface area contributed by atoms with Crippen LogP contribution in [0.1, 0.15) is 24.2 Å². The minimum Gasteiger partial charge on any atom is -0.346 e. The molecule has 2 heterocycles. The number of hydrogen-bond acceptors (Lipinski definition) is 3. The molecule has 1 aromatic carbocycles. The Morgan fingerprint density at radius 1 is 1.17 bits per heavy atom. The average Bonchev–Trinajstić information content (AvgIpc) is 3.03. The van der Waals surface area contributed by atoms with Crippen molar-refractivity contribution in [1.82, 2.24) is 19.9 Å². The average molecular weight is 322 g/mol. The second-order valence-electron chi connectivity index (χ2n) is 5.98. The second-order valence-corrected chi connectivity index (χ2v) is 5.98. The van der Waals surface area contributed by atoms with Crippen molar-refractivity contribution in [2.45, 2.75) is 25.7 Å². The first-order chi connectivity index (χ1) is 11.7. The predicted molar refractivity (Wildman–Crippen MR) is 94.6 cm³/mol. The monoisotopic (exact) mass is 322 g/mol. The van der Waals surface area contributed by atoms with Crippen LogP contribution >= 0.6 is 0 Å². The molecule has 3 aromatic rings. The van der Waals surface area contributed by atoms with Gasteiger partial charge in [-0.3, -0.25) is 9.78 Å². The molecule has 1 N–H and O–H groups in total. The van der Waals surface area contributed by atoms with Crippen LogP contribution in [0.4, 0.5) is 0 Å². The molecule has 0 atom stereocenters. The highest BCUT2D eigenvalue weighted by Gasteiger charge is 2.09. The van der Waals surface area contributed by atoms with Gasteiger partial charge in [-0.1, -0.05) is 18.2 Å². The van der Waals surface area contributed by atoms with Crippen LogP contribution in [-0.4, -0.2) is 39.4 Å². The van der Waals surface area contributed by atoms with Crippen LogP contribution in [0.15, 0.2) is 48.8 Å². The molecule has 0 saturated heterocycles. The Morgan fingerprint density at radius 2 is 2.04 bits per heavy atom. The summed E-state index contributed by atoms with van der Waals surface area (Å²) >= 11 is 0. The first-order valence-electron chi connectivity index (χ1n) is 8.29. The van der Waals surface area contributed by atoms with E-state index in [1.54, 1.807) is 11.1 Å². The summed E-state index contributed by atoms with van der Waals surface area (Å²) in [5, 5.41) is 0.